The van der Waals surface area contributed by atoms with Gasteiger partial charge in [0.1, 0.15) is 0 Å². The van der Waals surface area contributed by atoms with Crippen molar-refractivity contribution in [1.82, 2.24) is 9.88 Å². The van der Waals surface area contributed by atoms with E-state index in [9.17, 15) is 14.7 Å². The number of aliphatic carboxylic acids is 1. The van der Waals surface area contributed by atoms with Crippen molar-refractivity contribution in [2.24, 2.45) is 11.3 Å². The molecule has 2 N–H and O–H groups in total. The van der Waals surface area contributed by atoms with Gasteiger partial charge in [0.05, 0.1) is 5.41 Å². The number of nitrogens with one attached hydrogen (secondary N) is 1. The Labute approximate surface area is 127 Å². The highest BCUT2D eigenvalue weighted by Crippen LogP contribution is 2.48. The lowest BCUT2D eigenvalue weighted by Crippen LogP contribution is -2.38. The van der Waals surface area contributed by atoms with Crippen LogP contribution >= 0.6 is 11.3 Å². The van der Waals surface area contributed by atoms with E-state index in [0.717, 1.165) is 24.1 Å². The molecule has 3 rings (SSSR count). The Bertz CT molecular complexity index is 574. The van der Waals surface area contributed by atoms with Gasteiger partial charge in [-0.2, -0.15) is 0 Å². The number of anilines is 1. The quantitative estimate of drug-likeness (QED) is 0.898. The molecule has 6 nitrogen and oxygen atoms in total. The SMILES string of the molecule is CCc1cnc(NC(=O)N2C[C@@H]3CCC[C@@]3(C(=O)O)C2)s1. The molecule has 1 aliphatic carbocycles. The summed E-state index contributed by atoms with van der Waals surface area (Å²) in [7, 11) is 0. The third-order valence-corrected chi connectivity index (χ3v) is 5.76. The molecule has 0 bridgehead atoms. The highest BCUT2D eigenvalue weighted by molar-refractivity contribution is 7.15. The minimum atomic E-state index is -0.761. The summed E-state index contributed by atoms with van der Waals surface area (Å²) >= 11 is 1.46. The maximum absolute atomic E-state index is 12.3. The zero-order valence-corrected chi connectivity index (χ0v) is 12.8. The van der Waals surface area contributed by atoms with Crippen LogP contribution in [0.2, 0.25) is 0 Å². The first-order valence-electron chi connectivity index (χ1n) is 7.29. The molecule has 1 saturated carbocycles. The predicted molar refractivity (Wildman–Crippen MR) is 79.5 cm³/mol. The molecule has 1 saturated heterocycles. The monoisotopic (exact) mass is 309 g/mol. The molecule has 2 atom stereocenters. The summed E-state index contributed by atoms with van der Waals surface area (Å²) in [6.45, 7) is 2.88. The zero-order valence-electron chi connectivity index (χ0n) is 12.0. The van der Waals surface area contributed by atoms with Crippen molar-refractivity contribution >= 4 is 28.5 Å². The number of carboxylic acid groups (broad SMARTS) is 1. The van der Waals surface area contributed by atoms with Gasteiger partial charge in [0, 0.05) is 24.2 Å². The molecule has 114 valence electrons. The van der Waals surface area contributed by atoms with Gasteiger partial charge < -0.3 is 10.0 Å². The van der Waals surface area contributed by atoms with Gasteiger partial charge in [0.15, 0.2) is 5.13 Å². The number of thiazole rings is 1. The number of carbonyl (C=O) groups is 2. The number of hydrogen-bond donors (Lipinski definition) is 2. The molecule has 1 aliphatic heterocycles. The first-order valence-corrected chi connectivity index (χ1v) is 8.11. The van der Waals surface area contributed by atoms with Crippen LogP contribution < -0.4 is 5.32 Å². The summed E-state index contributed by atoms with van der Waals surface area (Å²) in [5.74, 6) is -0.675. The number of nitrogens with zero attached hydrogens (tertiary/aromatic N) is 2. The van der Waals surface area contributed by atoms with E-state index in [1.165, 1.54) is 11.3 Å². The van der Waals surface area contributed by atoms with Crippen LogP contribution in [0.5, 0.6) is 0 Å². The summed E-state index contributed by atoms with van der Waals surface area (Å²) in [6, 6.07) is -0.234. The Morgan fingerprint density at radius 2 is 2.43 bits per heavy atom. The van der Waals surface area contributed by atoms with Gasteiger partial charge in [-0.15, -0.1) is 11.3 Å². The van der Waals surface area contributed by atoms with E-state index in [1.807, 2.05) is 6.92 Å². The Morgan fingerprint density at radius 1 is 1.62 bits per heavy atom. The number of amides is 2. The Balaban J connectivity index is 1.68. The van der Waals surface area contributed by atoms with Crippen LogP contribution in [0.15, 0.2) is 6.20 Å². The number of carboxylic acids is 1. The second-order valence-electron chi connectivity index (χ2n) is 5.85. The minimum absolute atomic E-state index is 0.0863. The molecule has 2 fully saturated rings. The molecule has 7 heteroatoms. The number of aryl methyl sites for hydroxylation is 1. The van der Waals surface area contributed by atoms with Crippen molar-refractivity contribution in [3.05, 3.63) is 11.1 Å². The molecule has 2 heterocycles. The fourth-order valence-electron chi connectivity index (χ4n) is 3.49. The van der Waals surface area contributed by atoms with Crippen LogP contribution in [0, 0.1) is 11.3 Å². The Hall–Kier alpha value is -1.63. The Morgan fingerprint density at radius 3 is 3.05 bits per heavy atom. The Kier molecular flexibility index (Phi) is 3.61. The number of fused-ring (bicyclic) bond motifs is 1. The summed E-state index contributed by atoms with van der Waals surface area (Å²) in [5, 5.41) is 12.9. The third-order valence-electron chi connectivity index (χ3n) is 4.70. The summed E-state index contributed by atoms with van der Waals surface area (Å²) in [6.07, 6.45) is 5.17. The average molecular weight is 309 g/mol. The lowest BCUT2D eigenvalue weighted by molar-refractivity contribution is -0.149. The van der Waals surface area contributed by atoms with E-state index in [1.54, 1.807) is 11.1 Å². The zero-order chi connectivity index (χ0) is 15.0. The number of carbonyl (C=O) groups excluding carboxylic acids is 1. The lowest BCUT2D eigenvalue weighted by atomic mass is 9.81. The number of rotatable bonds is 3. The molecule has 1 aromatic rings. The van der Waals surface area contributed by atoms with Crippen molar-refractivity contribution in [1.29, 1.82) is 0 Å². The van der Waals surface area contributed by atoms with E-state index in [2.05, 4.69) is 10.3 Å². The van der Waals surface area contributed by atoms with Gasteiger partial charge >= 0.3 is 12.0 Å². The van der Waals surface area contributed by atoms with E-state index in [4.69, 9.17) is 0 Å². The normalized spacial score (nSPS) is 27.7. The van der Waals surface area contributed by atoms with E-state index in [-0.39, 0.29) is 11.9 Å². The van der Waals surface area contributed by atoms with Gasteiger partial charge in [0.25, 0.3) is 0 Å². The highest BCUT2D eigenvalue weighted by Gasteiger charge is 2.55. The molecule has 0 spiro atoms. The molecular weight excluding hydrogens is 290 g/mol. The number of urea groups is 1. The van der Waals surface area contributed by atoms with Crippen molar-refractivity contribution in [2.75, 3.05) is 18.4 Å². The van der Waals surface area contributed by atoms with Crippen molar-refractivity contribution < 1.29 is 14.7 Å². The summed E-state index contributed by atoms with van der Waals surface area (Å²) in [5.41, 5.74) is -0.727. The summed E-state index contributed by atoms with van der Waals surface area (Å²) in [4.78, 5) is 30.8. The van der Waals surface area contributed by atoms with Gasteiger partial charge in [-0.05, 0) is 25.2 Å². The first kappa shape index (κ1) is 14.3. The van der Waals surface area contributed by atoms with Crippen molar-refractivity contribution in [3.8, 4) is 0 Å². The molecule has 2 aliphatic rings. The van der Waals surface area contributed by atoms with E-state index in [0.29, 0.717) is 24.6 Å². The second kappa shape index (κ2) is 5.29. The lowest BCUT2D eigenvalue weighted by Gasteiger charge is -2.23. The fourth-order valence-corrected chi connectivity index (χ4v) is 4.23. The molecule has 0 radical (unpaired) electrons. The topological polar surface area (TPSA) is 82.5 Å². The molecular formula is C14H19N3O3S. The van der Waals surface area contributed by atoms with Crippen LogP contribution in [0.25, 0.3) is 0 Å². The first-order chi connectivity index (χ1) is 10.0. The smallest absolute Gasteiger partial charge is 0.323 e. The number of aromatic nitrogens is 1. The third kappa shape index (κ3) is 2.39. The van der Waals surface area contributed by atoms with E-state index < -0.39 is 11.4 Å². The maximum atomic E-state index is 12.3. The van der Waals surface area contributed by atoms with Gasteiger partial charge in [-0.25, -0.2) is 9.78 Å². The van der Waals surface area contributed by atoms with E-state index >= 15 is 0 Å². The van der Waals surface area contributed by atoms with Gasteiger partial charge in [-0.1, -0.05) is 13.3 Å². The highest BCUT2D eigenvalue weighted by atomic mass is 32.1. The van der Waals surface area contributed by atoms with Gasteiger partial charge in [-0.3, -0.25) is 10.1 Å². The van der Waals surface area contributed by atoms with Crippen LogP contribution in [0.4, 0.5) is 9.93 Å². The number of likely N-dealkylation sites (tertiary alicyclic amines) is 1. The van der Waals surface area contributed by atoms with Crippen LogP contribution in [0.1, 0.15) is 31.1 Å². The van der Waals surface area contributed by atoms with Crippen LogP contribution in [-0.4, -0.2) is 40.1 Å². The van der Waals surface area contributed by atoms with Gasteiger partial charge in [0.2, 0.25) is 0 Å². The standard InChI is InChI=1S/C14H19N3O3S/c1-2-10-6-15-12(21-10)16-13(20)17-7-9-4-3-5-14(9,8-17)11(18)19/h6,9H,2-5,7-8H2,1H3,(H,18,19)(H,15,16,20)/t9-,14+/m0/s1. The number of hydrogen-bond acceptors (Lipinski definition) is 4. The molecule has 0 aromatic carbocycles. The summed E-state index contributed by atoms with van der Waals surface area (Å²) < 4.78 is 0. The fraction of sp³-hybridized carbons (Fsp3) is 0.643. The van der Waals surface area contributed by atoms with Crippen molar-refractivity contribution in [3.63, 3.8) is 0 Å². The second-order valence-corrected chi connectivity index (χ2v) is 6.96. The molecule has 1 aromatic heterocycles. The predicted octanol–water partition coefficient (Wildman–Crippen LogP) is 2.42. The molecule has 2 amide bonds. The average Bonchev–Trinajstić information content (AvgIpc) is 3.11. The van der Waals surface area contributed by atoms with Crippen molar-refractivity contribution in [2.45, 2.75) is 32.6 Å². The molecule has 0 unspecified atom stereocenters. The van der Waals surface area contributed by atoms with Crippen LogP contribution in [0.3, 0.4) is 0 Å². The van der Waals surface area contributed by atoms with Crippen LogP contribution in [-0.2, 0) is 11.2 Å². The largest absolute Gasteiger partial charge is 0.481 e. The minimum Gasteiger partial charge on any atom is -0.481 e. The maximum Gasteiger partial charge on any atom is 0.323 e. The molecule has 21 heavy (non-hydrogen) atoms.